The summed E-state index contributed by atoms with van der Waals surface area (Å²) in [5.41, 5.74) is 4.61. The van der Waals surface area contributed by atoms with Gasteiger partial charge < -0.3 is 31.3 Å². The zero-order valence-corrected chi connectivity index (χ0v) is 23.7. The maximum absolute atomic E-state index is 13.6. The number of aliphatic hydroxyl groups excluding tert-OH is 1. The van der Waals surface area contributed by atoms with Gasteiger partial charge >= 0.3 is 0 Å². The van der Waals surface area contributed by atoms with Gasteiger partial charge in [0.25, 0.3) is 5.91 Å². The van der Waals surface area contributed by atoms with Gasteiger partial charge in [0, 0.05) is 62.1 Å². The van der Waals surface area contributed by atoms with Crippen molar-refractivity contribution in [1.29, 1.82) is 0 Å². The van der Waals surface area contributed by atoms with Crippen LogP contribution in [-0.4, -0.2) is 54.6 Å². The van der Waals surface area contributed by atoms with E-state index in [1.165, 1.54) is 6.92 Å². The van der Waals surface area contributed by atoms with Crippen LogP contribution in [0, 0.1) is 0 Å². The van der Waals surface area contributed by atoms with E-state index in [0.717, 1.165) is 28.9 Å². The molecular weight excluding hydrogens is 518 g/mol. The lowest BCUT2D eigenvalue weighted by molar-refractivity contribution is -0.117. The van der Waals surface area contributed by atoms with Crippen LogP contribution in [0.3, 0.4) is 0 Å². The third kappa shape index (κ3) is 8.64. The van der Waals surface area contributed by atoms with Gasteiger partial charge in [-0.2, -0.15) is 0 Å². The number of anilines is 3. The lowest BCUT2D eigenvalue weighted by atomic mass is 10.00. The van der Waals surface area contributed by atoms with Crippen molar-refractivity contribution >= 4 is 34.8 Å². The summed E-state index contributed by atoms with van der Waals surface area (Å²) < 4.78 is 0. The van der Waals surface area contributed by atoms with E-state index in [4.69, 9.17) is 0 Å². The number of carbonyl (C=O) groups excluding carboxylic acids is 3. The van der Waals surface area contributed by atoms with E-state index in [9.17, 15) is 19.5 Å². The predicted octanol–water partition coefficient (Wildman–Crippen LogP) is 3.70. The second-order valence-corrected chi connectivity index (χ2v) is 10.3. The number of carbonyl (C=O) groups is 3. The fourth-order valence-corrected chi connectivity index (χ4v) is 4.94. The molecule has 3 aromatic carbocycles. The summed E-state index contributed by atoms with van der Waals surface area (Å²) >= 11 is 0. The first-order chi connectivity index (χ1) is 19.8. The highest BCUT2D eigenvalue weighted by atomic mass is 16.3. The topological polar surface area (TPSA) is 123 Å². The Morgan fingerprint density at radius 1 is 0.976 bits per heavy atom. The summed E-state index contributed by atoms with van der Waals surface area (Å²) in [5.74, 6) is -0.385. The molecule has 0 saturated carbocycles. The molecule has 0 unspecified atom stereocenters. The van der Waals surface area contributed by atoms with Crippen LogP contribution in [0.4, 0.5) is 17.1 Å². The molecule has 9 heteroatoms. The summed E-state index contributed by atoms with van der Waals surface area (Å²) in [4.78, 5) is 38.9. The molecular formula is C32H39N5O4. The van der Waals surface area contributed by atoms with E-state index in [2.05, 4.69) is 21.3 Å². The van der Waals surface area contributed by atoms with Crippen LogP contribution in [0.25, 0.3) is 0 Å². The Bertz CT molecular complexity index is 1330. The second kappa shape index (κ2) is 14.4. The quantitative estimate of drug-likeness (QED) is 0.219. The van der Waals surface area contributed by atoms with Crippen molar-refractivity contribution in [1.82, 2.24) is 10.6 Å². The first kappa shape index (κ1) is 29.8. The summed E-state index contributed by atoms with van der Waals surface area (Å²) in [5, 5.41) is 23.5. The lowest BCUT2D eigenvalue weighted by Crippen LogP contribution is -2.48. The fraction of sp³-hybridized carbons (Fsp3) is 0.344. The van der Waals surface area contributed by atoms with Gasteiger partial charge in [0.2, 0.25) is 11.8 Å². The number of nitrogens with zero attached hydrogens (tertiary/aromatic N) is 1. The largest absolute Gasteiger partial charge is 0.390 e. The third-order valence-corrected chi connectivity index (χ3v) is 6.98. The minimum Gasteiger partial charge on any atom is -0.390 e. The van der Waals surface area contributed by atoms with Gasteiger partial charge in [0.05, 0.1) is 12.1 Å². The van der Waals surface area contributed by atoms with Crippen LogP contribution in [0.15, 0.2) is 72.8 Å². The van der Waals surface area contributed by atoms with Crippen LogP contribution >= 0.6 is 0 Å². The molecule has 0 radical (unpaired) electrons. The summed E-state index contributed by atoms with van der Waals surface area (Å²) in [6.07, 6.45) is 0.883. The van der Waals surface area contributed by atoms with Crippen molar-refractivity contribution in [3.8, 4) is 0 Å². The Kier molecular flexibility index (Phi) is 10.5. The van der Waals surface area contributed by atoms with Gasteiger partial charge in [-0.15, -0.1) is 0 Å². The average molecular weight is 558 g/mol. The first-order valence-electron chi connectivity index (χ1n) is 14.1. The van der Waals surface area contributed by atoms with Crippen molar-refractivity contribution in [2.45, 2.75) is 51.8 Å². The third-order valence-electron chi connectivity index (χ3n) is 6.98. The van der Waals surface area contributed by atoms with E-state index < -0.39 is 12.1 Å². The Morgan fingerprint density at radius 3 is 2.39 bits per heavy atom. The minimum absolute atomic E-state index is 0.0539. The van der Waals surface area contributed by atoms with Crippen molar-refractivity contribution in [2.24, 2.45) is 0 Å². The molecule has 5 N–H and O–H groups in total. The molecule has 4 rings (SSSR count). The predicted molar refractivity (Wildman–Crippen MR) is 162 cm³/mol. The van der Waals surface area contributed by atoms with E-state index in [1.807, 2.05) is 67.6 Å². The van der Waals surface area contributed by atoms with E-state index in [0.29, 0.717) is 43.7 Å². The van der Waals surface area contributed by atoms with Gasteiger partial charge in [-0.25, -0.2) is 0 Å². The maximum atomic E-state index is 13.6. The molecule has 9 nitrogen and oxygen atoms in total. The molecule has 1 fully saturated rings. The molecule has 41 heavy (non-hydrogen) atoms. The molecule has 0 aromatic heterocycles. The number of rotatable bonds is 13. The monoisotopic (exact) mass is 557 g/mol. The first-order valence-corrected chi connectivity index (χ1v) is 14.1. The highest BCUT2D eigenvalue weighted by Gasteiger charge is 2.25. The highest BCUT2D eigenvalue weighted by molar-refractivity contribution is 6.00. The van der Waals surface area contributed by atoms with E-state index in [1.54, 1.807) is 17.0 Å². The fourth-order valence-electron chi connectivity index (χ4n) is 4.94. The smallest absolute Gasteiger partial charge is 0.251 e. The van der Waals surface area contributed by atoms with Crippen LogP contribution in [-0.2, 0) is 22.6 Å². The molecule has 2 atom stereocenters. The van der Waals surface area contributed by atoms with E-state index in [-0.39, 0.29) is 24.3 Å². The van der Waals surface area contributed by atoms with Gasteiger partial charge in [-0.3, -0.25) is 14.4 Å². The molecule has 1 aliphatic rings. The standard InChI is InChI=1S/C32H39N5O4/c1-3-34-27-17-25(18-28(19-27)37-15-7-10-31(37)40)32(41)36-29(16-23-8-5-4-6-9-23)30(39)21-33-20-24-11-13-26(14-12-24)35-22(2)38/h4-6,8-9,11-14,17-19,29-30,33-34,39H,3,7,10,15-16,20-21H2,1-2H3,(H,35,38)(H,36,41)/t29-,30+/m0/s1. The Balaban J connectivity index is 1.46. The molecule has 1 aliphatic heterocycles. The summed E-state index contributed by atoms with van der Waals surface area (Å²) in [6, 6.07) is 22.1. The normalized spacial score (nSPS) is 14.4. The highest BCUT2D eigenvalue weighted by Crippen LogP contribution is 2.27. The number of aliphatic hydroxyl groups is 1. The van der Waals surface area contributed by atoms with Gasteiger partial charge in [-0.05, 0) is 61.2 Å². The molecule has 3 amide bonds. The maximum Gasteiger partial charge on any atom is 0.251 e. The number of amides is 3. The van der Waals surface area contributed by atoms with Crippen molar-refractivity contribution in [3.05, 3.63) is 89.5 Å². The molecule has 0 spiro atoms. The molecule has 1 saturated heterocycles. The van der Waals surface area contributed by atoms with Crippen LogP contribution in [0.1, 0.15) is 48.2 Å². The van der Waals surface area contributed by atoms with Crippen molar-refractivity contribution in [3.63, 3.8) is 0 Å². The van der Waals surface area contributed by atoms with Crippen LogP contribution in [0.2, 0.25) is 0 Å². The van der Waals surface area contributed by atoms with Gasteiger partial charge in [0.15, 0.2) is 0 Å². The summed E-state index contributed by atoms with van der Waals surface area (Å²) in [7, 11) is 0. The van der Waals surface area contributed by atoms with Crippen LogP contribution < -0.4 is 26.2 Å². The zero-order valence-electron chi connectivity index (χ0n) is 23.7. The molecule has 216 valence electrons. The number of hydrogen-bond donors (Lipinski definition) is 5. The zero-order chi connectivity index (χ0) is 29.2. The number of nitrogens with one attached hydrogen (secondary N) is 4. The Hall–Kier alpha value is -4.21. The Labute approximate surface area is 241 Å². The van der Waals surface area contributed by atoms with Crippen molar-refractivity contribution < 1.29 is 19.5 Å². The SMILES string of the molecule is CCNc1cc(C(=O)N[C@@H](Cc2ccccc2)[C@H](O)CNCc2ccc(NC(C)=O)cc2)cc(N2CCCC2=O)c1. The van der Waals surface area contributed by atoms with Crippen molar-refractivity contribution in [2.75, 3.05) is 35.2 Å². The van der Waals surface area contributed by atoms with E-state index >= 15 is 0 Å². The number of benzene rings is 3. The average Bonchev–Trinajstić information content (AvgIpc) is 3.39. The molecule has 3 aromatic rings. The molecule has 0 aliphatic carbocycles. The number of hydrogen-bond acceptors (Lipinski definition) is 6. The Morgan fingerprint density at radius 2 is 1.73 bits per heavy atom. The van der Waals surface area contributed by atoms with Crippen LogP contribution in [0.5, 0.6) is 0 Å². The molecule has 1 heterocycles. The minimum atomic E-state index is -0.866. The lowest BCUT2D eigenvalue weighted by Gasteiger charge is -2.25. The summed E-state index contributed by atoms with van der Waals surface area (Å²) in [6.45, 7) is 5.53. The second-order valence-electron chi connectivity index (χ2n) is 10.3. The molecule has 0 bridgehead atoms. The van der Waals surface area contributed by atoms with Gasteiger partial charge in [0.1, 0.15) is 0 Å². The van der Waals surface area contributed by atoms with Gasteiger partial charge in [-0.1, -0.05) is 42.5 Å².